The molecule has 3 nitrogen and oxygen atoms in total. The molecule has 0 spiro atoms. The number of amides is 1. The zero-order valence-corrected chi connectivity index (χ0v) is 12.4. The van der Waals surface area contributed by atoms with Crippen LogP contribution in [0.3, 0.4) is 0 Å². The van der Waals surface area contributed by atoms with Gasteiger partial charge in [-0.3, -0.25) is 4.79 Å². The number of nitrogens with two attached hydrogens (primary N) is 1. The van der Waals surface area contributed by atoms with Crippen LogP contribution < -0.4 is 5.73 Å². The van der Waals surface area contributed by atoms with Crippen LogP contribution in [0.15, 0.2) is 0 Å². The van der Waals surface area contributed by atoms with Gasteiger partial charge in [0.25, 0.3) is 0 Å². The molecule has 0 aromatic carbocycles. The predicted molar refractivity (Wildman–Crippen MR) is 75.3 cm³/mol. The van der Waals surface area contributed by atoms with Crippen molar-refractivity contribution >= 4 is 30.1 Å². The topological polar surface area (TPSA) is 46.3 Å². The molecule has 0 unspecified atom stereocenters. The van der Waals surface area contributed by atoms with E-state index in [2.05, 4.69) is 13.8 Å². The van der Waals surface area contributed by atoms with E-state index in [1.165, 1.54) is 0 Å². The van der Waals surface area contributed by atoms with E-state index in [0.29, 0.717) is 5.92 Å². The van der Waals surface area contributed by atoms with Gasteiger partial charge in [0.1, 0.15) is 0 Å². The van der Waals surface area contributed by atoms with Crippen LogP contribution in [0.4, 0.5) is 0 Å². The molecule has 0 radical (unpaired) electrons. The molecule has 0 bridgehead atoms. The largest absolute Gasteiger partial charge is 0.341 e. The van der Waals surface area contributed by atoms with E-state index in [1.54, 1.807) is 11.8 Å². The van der Waals surface area contributed by atoms with Crippen molar-refractivity contribution in [1.82, 2.24) is 4.90 Å². The molecule has 0 saturated heterocycles. The molecule has 5 heteroatoms. The van der Waals surface area contributed by atoms with Crippen molar-refractivity contribution in [3.63, 3.8) is 0 Å². The number of thioether (sulfide) groups is 1. The minimum atomic E-state index is -0.323. The number of carbonyl (C=O) groups is 1. The molecular weight excluding hydrogens is 244 g/mol. The molecule has 16 heavy (non-hydrogen) atoms. The second-order valence-corrected chi connectivity index (χ2v) is 5.14. The maximum Gasteiger partial charge on any atom is 0.239 e. The van der Waals surface area contributed by atoms with Gasteiger partial charge < -0.3 is 10.6 Å². The fourth-order valence-electron chi connectivity index (χ4n) is 1.42. The van der Waals surface area contributed by atoms with Gasteiger partial charge in [0.2, 0.25) is 5.91 Å². The van der Waals surface area contributed by atoms with Crippen molar-refractivity contribution in [1.29, 1.82) is 0 Å². The van der Waals surface area contributed by atoms with Gasteiger partial charge in [-0.1, -0.05) is 13.8 Å². The molecule has 0 aliphatic heterocycles. The first-order chi connectivity index (χ1) is 7.02. The van der Waals surface area contributed by atoms with Gasteiger partial charge in [-0.15, -0.1) is 12.4 Å². The Labute approximate surface area is 110 Å². The highest BCUT2D eigenvalue weighted by Gasteiger charge is 2.19. The van der Waals surface area contributed by atoms with Crippen LogP contribution >= 0.6 is 24.2 Å². The number of nitrogens with zero attached hydrogens (tertiary/aromatic N) is 1. The van der Waals surface area contributed by atoms with Crippen molar-refractivity contribution in [2.45, 2.75) is 33.2 Å². The lowest BCUT2D eigenvalue weighted by Gasteiger charge is -2.25. The standard InChI is InChI=1S/C11H24N2OS.ClH/c1-5-13(8-9(2)3)11(14)10(12)6-7-15-4;/h9-10H,5-8,12H2,1-4H3;1H/t10-;/m0./s1. The Morgan fingerprint density at radius 2 is 2.00 bits per heavy atom. The summed E-state index contributed by atoms with van der Waals surface area (Å²) < 4.78 is 0. The van der Waals surface area contributed by atoms with E-state index in [1.807, 2.05) is 18.1 Å². The lowest BCUT2D eigenvalue weighted by atomic mass is 10.1. The molecule has 0 saturated carbocycles. The molecule has 1 amide bonds. The Bertz CT molecular complexity index is 191. The molecule has 0 aliphatic rings. The monoisotopic (exact) mass is 268 g/mol. The van der Waals surface area contributed by atoms with Crippen LogP contribution in [0.5, 0.6) is 0 Å². The summed E-state index contributed by atoms with van der Waals surface area (Å²) in [5, 5.41) is 0. The van der Waals surface area contributed by atoms with E-state index >= 15 is 0 Å². The fourth-order valence-corrected chi connectivity index (χ4v) is 1.91. The van der Waals surface area contributed by atoms with Crippen molar-refractivity contribution < 1.29 is 4.79 Å². The Morgan fingerprint density at radius 3 is 2.38 bits per heavy atom. The lowest BCUT2D eigenvalue weighted by Crippen LogP contribution is -2.45. The van der Waals surface area contributed by atoms with Crippen LogP contribution in [0.2, 0.25) is 0 Å². The van der Waals surface area contributed by atoms with Gasteiger partial charge in [-0.25, -0.2) is 0 Å². The Balaban J connectivity index is 0. The van der Waals surface area contributed by atoms with Crippen LogP contribution in [0.25, 0.3) is 0 Å². The summed E-state index contributed by atoms with van der Waals surface area (Å²) in [7, 11) is 0. The quantitative estimate of drug-likeness (QED) is 0.768. The summed E-state index contributed by atoms with van der Waals surface area (Å²) in [6.07, 6.45) is 2.80. The summed E-state index contributed by atoms with van der Waals surface area (Å²) in [5.41, 5.74) is 5.85. The Morgan fingerprint density at radius 1 is 1.44 bits per heavy atom. The molecule has 2 N–H and O–H groups in total. The third kappa shape index (κ3) is 7.36. The van der Waals surface area contributed by atoms with Gasteiger partial charge in [0.05, 0.1) is 6.04 Å². The number of likely N-dealkylation sites (N-methyl/N-ethyl adjacent to an activating group) is 1. The highest BCUT2D eigenvalue weighted by molar-refractivity contribution is 7.98. The lowest BCUT2D eigenvalue weighted by molar-refractivity contribution is -0.132. The molecule has 0 fully saturated rings. The normalized spacial score (nSPS) is 12.1. The SMILES string of the molecule is CCN(CC(C)C)C(=O)[C@@H](N)CCSC.Cl. The van der Waals surface area contributed by atoms with Gasteiger partial charge in [0, 0.05) is 13.1 Å². The number of halogens is 1. The first kappa shape index (κ1) is 18.4. The minimum Gasteiger partial charge on any atom is -0.341 e. The van der Waals surface area contributed by atoms with Crippen LogP contribution in [0.1, 0.15) is 27.2 Å². The molecule has 0 heterocycles. The number of hydrogen-bond acceptors (Lipinski definition) is 3. The van der Waals surface area contributed by atoms with Crippen LogP contribution in [-0.2, 0) is 4.79 Å². The van der Waals surface area contributed by atoms with Crippen LogP contribution in [-0.4, -0.2) is 41.9 Å². The van der Waals surface area contributed by atoms with Gasteiger partial charge in [-0.2, -0.15) is 11.8 Å². The zero-order valence-electron chi connectivity index (χ0n) is 10.7. The van der Waals surface area contributed by atoms with Gasteiger partial charge >= 0.3 is 0 Å². The average molecular weight is 269 g/mol. The van der Waals surface area contributed by atoms with E-state index in [9.17, 15) is 4.79 Å². The second-order valence-electron chi connectivity index (χ2n) is 4.16. The first-order valence-corrected chi connectivity index (χ1v) is 6.95. The molecule has 98 valence electrons. The third-order valence-electron chi connectivity index (χ3n) is 2.23. The molecule has 0 aromatic rings. The van der Waals surface area contributed by atoms with E-state index in [0.717, 1.165) is 25.3 Å². The molecule has 0 aromatic heterocycles. The summed E-state index contributed by atoms with van der Waals surface area (Å²) in [6, 6.07) is -0.323. The third-order valence-corrected chi connectivity index (χ3v) is 2.87. The maximum absolute atomic E-state index is 11.9. The maximum atomic E-state index is 11.9. The second kappa shape index (κ2) is 10.2. The summed E-state index contributed by atoms with van der Waals surface area (Å²) in [6.45, 7) is 7.79. The van der Waals surface area contributed by atoms with E-state index < -0.39 is 0 Å². The van der Waals surface area contributed by atoms with Crippen molar-refractivity contribution in [3.8, 4) is 0 Å². The molecule has 1 atom stereocenters. The number of rotatable bonds is 7. The van der Waals surface area contributed by atoms with Crippen molar-refractivity contribution in [2.24, 2.45) is 11.7 Å². The zero-order chi connectivity index (χ0) is 11.8. The fraction of sp³-hybridized carbons (Fsp3) is 0.909. The van der Waals surface area contributed by atoms with Gasteiger partial charge in [0.15, 0.2) is 0 Å². The summed E-state index contributed by atoms with van der Waals surface area (Å²) >= 11 is 1.73. The smallest absolute Gasteiger partial charge is 0.239 e. The highest BCUT2D eigenvalue weighted by Crippen LogP contribution is 2.05. The summed E-state index contributed by atoms with van der Waals surface area (Å²) in [4.78, 5) is 13.8. The molecule has 0 aliphatic carbocycles. The van der Waals surface area contributed by atoms with Crippen molar-refractivity contribution in [2.75, 3.05) is 25.1 Å². The van der Waals surface area contributed by atoms with Gasteiger partial charge in [-0.05, 0) is 31.3 Å². The minimum absolute atomic E-state index is 0. The first-order valence-electron chi connectivity index (χ1n) is 5.56. The van der Waals surface area contributed by atoms with Crippen molar-refractivity contribution in [3.05, 3.63) is 0 Å². The molecular formula is C11H25ClN2OS. The number of carbonyl (C=O) groups excluding carboxylic acids is 1. The average Bonchev–Trinajstić information content (AvgIpc) is 2.21. The summed E-state index contributed by atoms with van der Waals surface area (Å²) in [5.74, 6) is 1.55. The number of hydrogen-bond donors (Lipinski definition) is 1. The Kier molecular flexibility index (Phi) is 11.8. The molecule has 0 rings (SSSR count). The highest BCUT2D eigenvalue weighted by atomic mass is 35.5. The van der Waals surface area contributed by atoms with E-state index in [-0.39, 0.29) is 24.4 Å². The van der Waals surface area contributed by atoms with Crippen LogP contribution in [0, 0.1) is 5.92 Å². The Hall–Kier alpha value is 0.0700. The van der Waals surface area contributed by atoms with E-state index in [4.69, 9.17) is 5.73 Å². The predicted octanol–water partition coefficient (Wildman–Crippen LogP) is 1.99.